The summed E-state index contributed by atoms with van der Waals surface area (Å²) in [5.41, 5.74) is 2.60. The Bertz CT molecular complexity index is 724. The zero-order chi connectivity index (χ0) is 18.4. The van der Waals surface area contributed by atoms with Gasteiger partial charge in [0.25, 0.3) is 0 Å². The van der Waals surface area contributed by atoms with E-state index < -0.39 is 0 Å². The molecule has 0 spiro atoms. The number of carbonyl (C=O) groups excluding carboxylic acids is 2. The first-order chi connectivity index (χ1) is 13.1. The second kappa shape index (κ2) is 6.62. The molecule has 4 fully saturated rings. The van der Waals surface area contributed by atoms with Crippen molar-refractivity contribution in [2.24, 2.45) is 17.8 Å². The molecule has 4 aliphatic carbocycles. The summed E-state index contributed by atoms with van der Waals surface area (Å²) in [7, 11) is 0. The minimum absolute atomic E-state index is 0.0524. The van der Waals surface area contributed by atoms with Gasteiger partial charge in [0, 0.05) is 18.6 Å². The summed E-state index contributed by atoms with van der Waals surface area (Å²) >= 11 is 0. The molecule has 0 saturated heterocycles. The number of urea groups is 1. The van der Waals surface area contributed by atoms with E-state index in [1.807, 2.05) is 6.07 Å². The molecule has 0 unspecified atom stereocenters. The Morgan fingerprint density at radius 1 is 1.00 bits per heavy atom. The van der Waals surface area contributed by atoms with Gasteiger partial charge in [-0.3, -0.25) is 15.0 Å². The lowest BCUT2D eigenvalue weighted by Crippen LogP contribution is -2.62. The van der Waals surface area contributed by atoms with Gasteiger partial charge in [-0.05, 0) is 73.8 Å². The van der Waals surface area contributed by atoms with Gasteiger partial charge in [-0.25, -0.2) is 4.79 Å². The number of imide groups is 1. The molecule has 1 aromatic rings. The monoisotopic (exact) mass is 367 g/mol. The summed E-state index contributed by atoms with van der Waals surface area (Å²) in [6.45, 7) is 1.92. The van der Waals surface area contributed by atoms with Crippen LogP contribution < -0.4 is 10.6 Å². The predicted molar refractivity (Wildman–Crippen MR) is 103 cm³/mol. The number of hydrogen-bond acceptors (Lipinski definition) is 3. The van der Waals surface area contributed by atoms with Gasteiger partial charge in [-0.15, -0.1) is 0 Å². The molecule has 5 nitrogen and oxygen atoms in total. The van der Waals surface area contributed by atoms with Crippen molar-refractivity contribution in [1.82, 2.24) is 15.5 Å². The van der Waals surface area contributed by atoms with Crippen LogP contribution in [0, 0.1) is 17.8 Å². The van der Waals surface area contributed by atoms with Gasteiger partial charge >= 0.3 is 6.03 Å². The molecule has 27 heavy (non-hydrogen) atoms. The molecule has 1 heterocycles. The van der Waals surface area contributed by atoms with E-state index >= 15 is 0 Å². The lowest BCUT2D eigenvalue weighted by Gasteiger charge is -2.56. The van der Waals surface area contributed by atoms with Crippen molar-refractivity contribution < 1.29 is 9.59 Å². The summed E-state index contributed by atoms with van der Waals surface area (Å²) in [6.07, 6.45) is 8.30. The Morgan fingerprint density at radius 3 is 2.30 bits per heavy atom. The zero-order valence-corrected chi connectivity index (χ0v) is 15.9. The quantitative estimate of drug-likeness (QED) is 0.864. The van der Waals surface area contributed by atoms with Crippen molar-refractivity contribution in [3.8, 4) is 0 Å². The fraction of sp³-hybridized carbons (Fsp3) is 0.636. The van der Waals surface area contributed by atoms with Gasteiger partial charge in [0.15, 0.2) is 0 Å². The largest absolute Gasteiger partial charge is 0.332 e. The van der Waals surface area contributed by atoms with Crippen LogP contribution in [0.25, 0.3) is 0 Å². The fourth-order valence-electron chi connectivity index (χ4n) is 6.59. The maximum Gasteiger partial charge on any atom is 0.321 e. The molecule has 2 N–H and O–H groups in total. The summed E-state index contributed by atoms with van der Waals surface area (Å²) < 4.78 is 0. The summed E-state index contributed by atoms with van der Waals surface area (Å²) in [5.74, 6) is 2.14. The van der Waals surface area contributed by atoms with Crippen LogP contribution in [0.4, 0.5) is 4.79 Å². The van der Waals surface area contributed by atoms with Gasteiger partial charge in [0.05, 0.1) is 6.54 Å². The number of hydrogen-bond donors (Lipinski definition) is 2. The Kier molecular flexibility index (Phi) is 4.23. The van der Waals surface area contributed by atoms with Crippen LogP contribution in [0.1, 0.15) is 49.7 Å². The van der Waals surface area contributed by atoms with Crippen molar-refractivity contribution in [3.63, 3.8) is 0 Å². The van der Waals surface area contributed by atoms with Crippen LogP contribution in [0.3, 0.4) is 0 Å². The highest BCUT2D eigenvalue weighted by Gasteiger charge is 2.51. The van der Waals surface area contributed by atoms with Gasteiger partial charge < -0.3 is 5.32 Å². The molecule has 4 bridgehead atoms. The molecular formula is C22H29N3O2. The van der Waals surface area contributed by atoms with E-state index in [-0.39, 0.29) is 24.0 Å². The zero-order valence-electron chi connectivity index (χ0n) is 15.9. The van der Waals surface area contributed by atoms with Crippen LogP contribution >= 0.6 is 0 Å². The molecule has 1 aliphatic heterocycles. The average molecular weight is 367 g/mol. The Morgan fingerprint density at radius 2 is 1.63 bits per heavy atom. The lowest BCUT2D eigenvalue weighted by atomic mass is 9.53. The van der Waals surface area contributed by atoms with E-state index in [0.717, 1.165) is 56.5 Å². The van der Waals surface area contributed by atoms with E-state index in [2.05, 4.69) is 33.7 Å². The van der Waals surface area contributed by atoms with Crippen molar-refractivity contribution in [3.05, 3.63) is 35.4 Å². The third-order valence-electron chi connectivity index (χ3n) is 7.25. The summed E-state index contributed by atoms with van der Waals surface area (Å²) in [6, 6.07) is 8.10. The Labute approximate surface area is 160 Å². The van der Waals surface area contributed by atoms with Gasteiger partial charge in [-0.1, -0.05) is 24.3 Å². The second-order valence-corrected chi connectivity index (χ2v) is 9.43. The molecule has 0 aromatic heterocycles. The highest BCUT2D eigenvalue weighted by molar-refractivity contribution is 5.95. The van der Waals surface area contributed by atoms with Gasteiger partial charge in [0.1, 0.15) is 0 Å². The third-order valence-corrected chi connectivity index (χ3v) is 7.25. The van der Waals surface area contributed by atoms with E-state index in [9.17, 15) is 9.59 Å². The molecule has 1 aromatic carbocycles. The van der Waals surface area contributed by atoms with E-state index in [1.165, 1.54) is 30.4 Å². The number of carbonyl (C=O) groups is 2. The highest BCUT2D eigenvalue weighted by atomic mass is 16.2. The number of benzene rings is 1. The number of fused-ring (bicyclic) bond motifs is 1. The van der Waals surface area contributed by atoms with E-state index in [0.29, 0.717) is 0 Å². The van der Waals surface area contributed by atoms with Crippen LogP contribution in [-0.2, 0) is 17.8 Å². The standard InChI is InChI=1S/C22H29N3O2/c26-20(14-25-6-5-18-3-1-2-4-19(18)13-25)23-21(27)24-22-10-15-7-16(11-22)9-17(8-15)12-22/h1-4,15-17H,5-14H2,(H2,23,24,26,27). The number of amides is 3. The van der Waals surface area contributed by atoms with Crippen molar-refractivity contribution in [2.45, 2.75) is 57.0 Å². The van der Waals surface area contributed by atoms with Crippen molar-refractivity contribution in [1.29, 1.82) is 0 Å². The van der Waals surface area contributed by atoms with Crippen LogP contribution in [0.5, 0.6) is 0 Å². The summed E-state index contributed by atoms with van der Waals surface area (Å²) in [4.78, 5) is 27.0. The fourth-order valence-corrected chi connectivity index (χ4v) is 6.59. The average Bonchev–Trinajstić information content (AvgIpc) is 2.59. The minimum Gasteiger partial charge on any atom is -0.332 e. The van der Waals surface area contributed by atoms with Gasteiger partial charge in [0.2, 0.25) is 5.91 Å². The molecule has 0 atom stereocenters. The molecule has 144 valence electrons. The maximum atomic E-state index is 12.5. The Hall–Kier alpha value is -1.88. The van der Waals surface area contributed by atoms with Crippen LogP contribution in [-0.4, -0.2) is 35.5 Å². The normalized spacial score (nSPS) is 34.1. The predicted octanol–water partition coefficient (Wildman–Crippen LogP) is 2.84. The molecule has 4 saturated carbocycles. The molecule has 5 heteroatoms. The van der Waals surface area contributed by atoms with Crippen molar-refractivity contribution >= 4 is 11.9 Å². The number of nitrogens with zero attached hydrogens (tertiary/aromatic N) is 1. The topological polar surface area (TPSA) is 61.4 Å². The molecule has 6 rings (SSSR count). The minimum atomic E-state index is -0.292. The lowest BCUT2D eigenvalue weighted by molar-refractivity contribution is -0.121. The highest BCUT2D eigenvalue weighted by Crippen LogP contribution is 2.55. The Balaban J connectivity index is 1.14. The van der Waals surface area contributed by atoms with E-state index in [1.54, 1.807) is 0 Å². The first-order valence-corrected chi connectivity index (χ1v) is 10.5. The first kappa shape index (κ1) is 17.2. The number of nitrogens with one attached hydrogen (secondary N) is 2. The van der Waals surface area contributed by atoms with Gasteiger partial charge in [-0.2, -0.15) is 0 Å². The van der Waals surface area contributed by atoms with Crippen LogP contribution in [0.2, 0.25) is 0 Å². The number of rotatable bonds is 3. The smallest absolute Gasteiger partial charge is 0.321 e. The summed E-state index contributed by atoms with van der Waals surface area (Å²) in [5, 5.41) is 5.81. The molecular weight excluding hydrogens is 338 g/mol. The van der Waals surface area contributed by atoms with Crippen molar-refractivity contribution in [2.75, 3.05) is 13.1 Å². The first-order valence-electron chi connectivity index (χ1n) is 10.5. The SMILES string of the molecule is O=C(CN1CCc2ccccc2C1)NC(=O)NC12CC3CC(CC(C3)C1)C2. The molecule has 3 amide bonds. The second-order valence-electron chi connectivity index (χ2n) is 9.43. The molecule has 5 aliphatic rings. The van der Waals surface area contributed by atoms with E-state index in [4.69, 9.17) is 0 Å². The van der Waals surface area contributed by atoms with Crippen LogP contribution in [0.15, 0.2) is 24.3 Å². The maximum absolute atomic E-state index is 12.5. The molecule has 0 radical (unpaired) electrons. The third kappa shape index (κ3) is 3.49.